The number of ether oxygens (including phenoxy) is 2. The molecule has 0 amide bonds. The summed E-state index contributed by atoms with van der Waals surface area (Å²) in [6, 6.07) is 7.89. The predicted octanol–water partition coefficient (Wildman–Crippen LogP) is 2.26. The van der Waals surface area contributed by atoms with Crippen LogP contribution in [0, 0.1) is 0 Å². The Hall–Kier alpha value is -1.48. The van der Waals surface area contributed by atoms with Gasteiger partial charge < -0.3 is 15.2 Å². The minimum atomic E-state index is -0.0772. The highest BCUT2D eigenvalue weighted by molar-refractivity contribution is 5.34. The first kappa shape index (κ1) is 12.0. The van der Waals surface area contributed by atoms with Crippen molar-refractivity contribution in [1.82, 2.24) is 0 Å². The predicted molar refractivity (Wildman–Crippen MR) is 67.9 cm³/mol. The molecule has 17 heavy (non-hydrogen) atoms. The number of hydrogen-bond donors (Lipinski definition) is 1. The average Bonchev–Trinajstić information content (AvgIpc) is 2.40. The Bertz CT molecular complexity index is 401. The van der Waals surface area contributed by atoms with E-state index < -0.39 is 0 Å². The molecule has 0 aliphatic carbocycles. The Kier molecular flexibility index (Phi) is 4.04. The molecule has 2 N–H and O–H groups in total. The molecule has 1 aliphatic heterocycles. The van der Waals surface area contributed by atoms with E-state index in [-0.39, 0.29) is 6.04 Å². The lowest BCUT2D eigenvalue weighted by molar-refractivity contribution is 0.175. The molecule has 0 saturated heterocycles. The molecule has 92 valence electrons. The molecule has 0 fully saturated rings. The summed E-state index contributed by atoms with van der Waals surface area (Å²) < 4.78 is 10.9. The lowest BCUT2D eigenvalue weighted by atomic mass is 10.0. The minimum absolute atomic E-state index is 0.0772. The molecule has 2 rings (SSSR count). The summed E-state index contributed by atoms with van der Waals surface area (Å²) in [6.45, 7) is 0.783. The highest BCUT2D eigenvalue weighted by Gasteiger charge is 2.15. The highest BCUT2D eigenvalue weighted by atomic mass is 16.5. The maximum absolute atomic E-state index is 6.16. The van der Waals surface area contributed by atoms with Gasteiger partial charge in [-0.15, -0.1) is 0 Å². The Morgan fingerprint density at radius 3 is 2.94 bits per heavy atom. The van der Waals surface area contributed by atoms with Crippen LogP contribution in [0.5, 0.6) is 5.75 Å². The summed E-state index contributed by atoms with van der Waals surface area (Å²) >= 11 is 0. The molecule has 0 saturated carbocycles. The quantitative estimate of drug-likeness (QED) is 0.867. The Morgan fingerprint density at radius 1 is 1.41 bits per heavy atom. The number of hydrogen-bond acceptors (Lipinski definition) is 3. The largest absolute Gasteiger partial charge is 0.497 e. The van der Waals surface area contributed by atoms with Crippen molar-refractivity contribution in [2.24, 2.45) is 5.73 Å². The van der Waals surface area contributed by atoms with E-state index in [2.05, 4.69) is 6.08 Å². The van der Waals surface area contributed by atoms with Gasteiger partial charge in [0.2, 0.25) is 0 Å². The van der Waals surface area contributed by atoms with Crippen molar-refractivity contribution < 1.29 is 9.47 Å². The summed E-state index contributed by atoms with van der Waals surface area (Å²) in [6.07, 6.45) is 5.00. The van der Waals surface area contributed by atoms with Crippen LogP contribution >= 0.6 is 0 Å². The molecule has 0 spiro atoms. The first-order valence-electron chi connectivity index (χ1n) is 6.01. The summed E-state index contributed by atoms with van der Waals surface area (Å²) in [7, 11) is 1.68. The third-order valence-electron chi connectivity index (χ3n) is 2.96. The topological polar surface area (TPSA) is 44.5 Å². The van der Waals surface area contributed by atoms with Gasteiger partial charge in [0.15, 0.2) is 0 Å². The van der Waals surface area contributed by atoms with E-state index in [1.165, 1.54) is 0 Å². The number of para-hydroxylation sites is 1. The molecule has 0 aromatic heterocycles. The van der Waals surface area contributed by atoms with Crippen molar-refractivity contribution in [3.05, 3.63) is 41.7 Å². The molecule has 1 unspecified atom stereocenters. The first-order chi connectivity index (χ1) is 8.31. The molecule has 1 aromatic rings. The Balaban J connectivity index is 2.06. The van der Waals surface area contributed by atoms with E-state index in [4.69, 9.17) is 15.2 Å². The van der Waals surface area contributed by atoms with Gasteiger partial charge in [-0.2, -0.15) is 0 Å². The summed E-state index contributed by atoms with van der Waals surface area (Å²) in [4.78, 5) is 0. The zero-order valence-corrected chi connectivity index (χ0v) is 10.2. The first-order valence-corrected chi connectivity index (χ1v) is 6.01. The van der Waals surface area contributed by atoms with E-state index >= 15 is 0 Å². The molecule has 0 radical (unpaired) electrons. The maximum Gasteiger partial charge on any atom is 0.122 e. The van der Waals surface area contributed by atoms with Crippen LogP contribution in [0.3, 0.4) is 0 Å². The van der Waals surface area contributed by atoms with Crippen molar-refractivity contribution in [2.75, 3.05) is 13.7 Å². The normalized spacial score (nSPS) is 16.9. The second-order valence-corrected chi connectivity index (χ2v) is 4.22. The highest BCUT2D eigenvalue weighted by Crippen LogP contribution is 2.22. The minimum Gasteiger partial charge on any atom is -0.497 e. The summed E-state index contributed by atoms with van der Waals surface area (Å²) in [5, 5.41) is 0. The number of rotatable bonds is 4. The van der Waals surface area contributed by atoms with Crippen molar-refractivity contribution in [3.63, 3.8) is 0 Å². The fraction of sp³-hybridized carbons (Fsp3) is 0.429. The monoisotopic (exact) mass is 233 g/mol. The maximum atomic E-state index is 6.16. The van der Waals surface area contributed by atoms with Crippen molar-refractivity contribution in [2.45, 2.75) is 25.3 Å². The van der Waals surface area contributed by atoms with Gasteiger partial charge in [-0.3, -0.25) is 0 Å². The number of methoxy groups -OCH3 is 1. The van der Waals surface area contributed by atoms with Crippen LogP contribution in [0.1, 0.15) is 18.4 Å². The Labute approximate surface area is 102 Å². The van der Waals surface area contributed by atoms with Gasteiger partial charge in [-0.1, -0.05) is 18.2 Å². The van der Waals surface area contributed by atoms with E-state index in [0.717, 1.165) is 42.9 Å². The molecule has 1 aromatic carbocycles. The van der Waals surface area contributed by atoms with E-state index in [1.807, 2.05) is 24.3 Å². The van der Waals surface area contributed by atoms with Crippen LogP contribution < -0.4 is 10.5 Å². The van der Waals surface area contributed by atoms with E-state index in [1.54, 1.807) is 7.11 Å². The summed E-state index contributed by atoms with van der Waals surface area (Å²) in [5.41, 5.74) is 7.28. The standard InChI is InChI=1S/C14H19NO2/c1-16-13-7-3-2-6-11(13)10-12(15)14-8-4-5-9-17-14/h2-3,6-8,12H,4-5,9-10,15H2,1H3. The fourth-order valence-corrected chi connectivity index (χ4v) is 2.04. The van der Waals surface area contributed by atoms with Crippen molar-refractivity contribution >= 4 is 0 Å². The fourth-order valence-electron chi connectivity index (χ4n) is 2.04. The van der Waals surface area contributed by atoms with Gasteiger partial charge in [-0.25, -0.2) is 0 Å². The number of allylic oxidation sites excluding steroid dienone is 1. The van der Waals surface area contributed by atoms with Crippen LogP contribution in [0.25, 0.3) is 0 Å². The lowest BCUT2D eigenvalue weighted by Crippen LogP contribution is -2.28. The smallest absolute Gasteiger partial charge is 0.122 e. The van der Waals surface area contributed by atoms with Crippen LogP contribution in [0.15, 0.2) is 36.1 Å². The third-order valence-corrected chi connectivity index (χ3v) is 2.96. The second kappa shape index (κ2) is 5.73. The molecule has 1 atom stereocenters. The van der Waals surface area contributed by atoms with Crippen LogP contribution in [0.2, 0.25) is 0 Å². The average molecular weight is 233 g/mol. The van der Waals surface area contributed by atoms with Gasteiger partial charge >= 0.3 is 0 Å². The van der Waals surface area contributed by atoms with Crippen molar-refractivity contribution in [3.8, 4) is 5.75 Å². The van der Waals surface area contributed by atoms with Gasteiger partial charge in [0.25, 0.3) is 0 Å². The summed E-state index contributed by atoms with van der Waals surface area (Å²) in [5.74, 6) is 1.81. The molecular formula is C14H19NO2. The molecule has 1 heterocycles. The molecule has 1 aliphatic rings. The molecule has 3 heteroatoms. The van der Waals surface area contributed by atoms with Crippen molar-refractivity contribution in [1.29, 1.82) is 0 Å². The van der Waals surface area contributed by atoms with Gasteiger partial charge in [0.1, 0.15) is 11.5 Å². The molecule has 3 nitrogen and oxygen atoms in total. The van der Waals surface area contributed by atoms with Crippen LogP contribution in [-0.4, -0.2) is 19.8 Å². The van der Waals surface area contributed by atoms with E-state index in [0.29, 0.717) is 0 Å². The van der Waals surface area contributed by atoms with E-state index in [9.17, 15) is 0 Å². The second-order valence-electron chi connectivity index (χ2n) is 4.22. The van der Waals surface area contributed by atoms with Crippen LogP contribution in [0.4, 0.5) is 0 Å². The zero-order valence-electron chi connectivity index (χ0n) is 10.2. The third kappa shape index (κ3) is 3.01. The van der Waals surface area contributed by atoms with Crippen LogP contribution in [-0.2, 0) is 11.2 Å². The number of benzene rings is 1. The SMILES string of the molecule is COc1ccccc1CC(N)C1=CCCCO1. The zero-order chi connectivity index (χ0) is 12.1. The Morgan fingerprint density at radius 2 is 2.24 bits per heavy atom. The molecule has 0 bridgehead atoms. The van der Waals surface area contributed by atoms with Gasteiger partial charge in [-0.05, 0) is 37.0 Å². The number of nitrogens with two attached hydrogens (primary N) is 1. The lowest BCUT2D eigenvalue weighted by Gasteiger charge is -2.21. The van der Waals surface area contributed by atoms with Gasteiger partial charge in [0, 0.05) is 0 Å². The molecular weight excluding hydrogens is 214 g/mol. The van der Waals surface area contributed by atoms with Gasteiger partial charge in [0.05, 0.1) is 19.8 Å².